The van der Waals surface area contributed by atoms with Crippen molar-refractivity contribution in [3.8, 4) is 5.75 Å². The Morgan fingerprint density at radius 3 is 2.38 bits per heavy atom. The smallest absolute Gasteiger partial charge is 0.317 e. The van der Waals surface area contributed by atoms with Crippen LogP contribution in [-0.4, -0.2) is 27.7 Å². The van der Waals surface area contributed by atoms with Crippen LogP contribution < -0.4 is 20.5 Å². The predicted molar refractivity (Wildman–Crippen MR) is 99.5 cm³/mol. The molecule has 2 aromatic rings. The Balaban J connectivity index is 1.70. The van der Waals surface area contributed by atoms with Crippen LogP contribution in [0.3, 0.4) is 0 Å². The molecule has 0 heterocycles. The highest BCUT2D eigenvalue weighted by Crippen LogP contribution is 2.18. The van der Waals surface area contributed by atoms with Gasteiger partial charge in [-0.25, -0.2) is 18.4 Å². The van der Waals surface area contributed by atoms with E-state index in [9.17, 15) is 13.2 Å². The number of carbonyl (C=O) groups is 1. The summed E-state index contributed by atoms with van der Waals surface area (Å²) in [5.41, 5.74) is 3.05. The minimum Gasteiger partial charge on any atom is -0.473 e. The van der Waals surface area contributed by atoms with Crippen molar-refractivity contribution < 1.29 is 17.9 Å². The maximum atomic E-state index is 11.8. The minimum atomic E-state index is -3.69. The number of hydrogen-bond acceptors (Lipinski definition) is 4. The topological polar surface area (TPSA) is 111 Å². The van der Waals surface area contributed by atoms with Gasteiger partial charge in [-0.3, -0.25) is 0 Å². The van der Waals surface area contributed by atoms with Crippen LogP contribution in [0, 0.1) is 13.8 Å². The molecule has 26 heavy (non-hydrogen) atoms. The number of amides is 2. The van der Waals surface area contributed by atoms with Gasteiger partial charge in [0.2, 0.25) is 10.0 Å². The molecule has 0 aromatic heterocycles. The number of hydrogen-bond donors (Lipinski definition) is 3. The van der Waals surface area contributed by atoms with Gasteiger partial charge in [0.25, 0.3) is 0 Å². The first-order chi connectivity index (χ1) is 12.3. The first-order valence-electron chi connectivity index (χ1n) is 8.09. The van der Waals surface area contributed by atoms with Crippen LogP contribution in [0.15, 0.2) is 47.4 Å². The summed E-state index contributed by atoms with van der Waals surface area (Å²) in [4.78, 5) is 11.8. The first kappa shape index (κ1) is 19.7. The lowest BCUT2D eigenvalue weighted by Crippen LogP contribution is -2.38. The molecule has 0 aliphatic carbocycles. The van der Waals surface area contributed by atoms with Crippen LogP contribution in [0.5, 0.6) is 5.75 Å². The Labute approximate surface area is 153 Å². The standard InChI is InChI=1S/C18H23N3O4S/c1-13-3-8-17(14(2)11-13)25-12-21-18(22)20-10-9-15-4-6-16(7-5-15)26(19,23)24/h3-8,11H,9-10,12H2,1-2H3,(H2,19,23,24)(H2,20,21,22). The van der Waals surface area contributed by atoms with Gasteiger partial charge < -0.3 is 15.4 Å². The van der Waals surface area contributed by atoms with E-state index in [0.717, 1.165) is 22.4 Å². The SMILES string of the molecule is Cc1ccc(OCNC(=O)NCCc2ccc(S(N)(=O)=O)cc2)c(C)c1. The summed E-state index contributed by atoms with van der Waals surface area (Å²) >= 11 is 0. The van der Waals surface area contributed by atoms with Gasteiger partial charge in [-0.2, -0.15) is 0 Å². The number of ether oxygens (including phenoxy) is 1. The molecule has 0 saturated heterocycles. The summed E-state index contributed by atoms with van der Waals surface area (Å²) in [6.45, 7) is 4.43. The third-order valence-corrected chi connectivity index (χ3v) is 4.67. The molecule has 0 spiro atoms. The van der Waals surface area contributed by atoms with Gasteiger partial charge in [-0.15, -0.1) is 0 Å². The first-order valence-corrected chi connectivity index (χ1v) is 9.64. The second-order valence-electron chi connectivity index (χ2n) is 5.93. The Morgan fingerprint density at radius 2 is 1.77 bits per heavy atom. The quantitative estimate of drug-likeness (QED) is 0.639. The number of primary sulfonamides is 1. The third kappa shape index (κ3) is 6.05. The maximum absolute atomic E-state index is 11.8. The van der Waals surface area contributed by atoms with Gasteiger partial charge in [0.15, 0.2) is 6.73 Å². The van der Waals surface area contributed by atoms with E-state index in [4.69, 9.17) is 9.88 Å². The molecule has 0 aliphatic rings. The summed E-state index contributed by atoms with van der Waals surface area (Å²) in [7, 11) is -3.69. The molecular weight excluding hydrogens is 354 g/mol. The molecule has 0 aliphatic heterocycles. The number of benzene rings is 2. The van der Waals surface area contributed by atoms with Crippen molar-refractivity contribution in [2.45, 2.75) is 25.2 Å². The Kier molecular flexibility index (Phi) is 6.59. The van der Waals surface area contributed by atoms with E-state index in [2.05, 4.69) is 10.6 Å². The zero-order valence-electron chi connectivity index (χ0n) is 14.8. The number of aryl methyl sites for hydroxylation is 2. The number of nitrogens with two attached hydrogens (primary N) is 1. The summed E-state index contributed by atoms with van der Waals surface area (Å²) in [6, 6.07) is 11.7. The summed E-state index contributed by atoms with van der Waals surface area (Å²) in [6.07, 6.45) is 0.566. The predicted octanol–water partition coefficient (Wildman–Crippen LogP) is 1.83. The molecule has 0 atom stereocenters. The van der Waals surface area contributed by atoms with Crippen molar-refractivity contribution >= 4 is 16.1 Å². The highest BCUT2D eigenvalue weighted by atomic mass is 32.2. The molecule has 140 valence electrons. The fraction of sp³-hybridized carbons (Fsp3) is 0.278. The highest BCUT2D eigenvalue weighted by molar-refractivity contribution is 7.89. The molecule has 7 nitrogen and oxygen atoms in total. The van der Waals surface area contributed by atoms with E-state index < -0.39 is 10.0 Å². The van der Waals surface area contributed by atoms with Gasteiger partial charge in [0, 0.05) is 6.54 Å². The lowest BCUT2D eigenvalue weighted by Gasteiger charge is -2.11. The largest absolute Gasteiger partial charge is 0.473 e. The zero-order valence-corrected chi connectivity index (χ0v) is 15.6. The zero-order chi connectivity index (χ0) is 19.2. The van der Waals surface area contributed by atoms with Crippen molar-refractivity contribution in [1.29, 1.82) is 0 Å². The molecule has 2 amide bonds. The summed E-state index contributed by atoms with van der Waals surface area (Å²) in [5, 5.41) is 10.4. The number of urea groups is 1. The van der Waals surface area contributed by atoms with Gasteiger partial charge in [-0.1, -0.05) is 29.8 Å². The van der Waals surface area contributed by atoms with E-state index >= 15 is 0 Å². The van der Waals surface area contributed by atoms with Gasteiger partial charge in [0.05, 0.1) is 4.90 Å². The van der Waals surface area contributed by atoms with Crippen LogP contribution in [0.4, 0.5) is 4.79 Å². The maximum Gasteiger partial charge on any atom is 0.317 e. The molecule has 0 fully saturated rings. The Hall–Kier alpha value is -2.58. The number of carbonyl (C=O) groups excluding carboxylic acids is 1. The van der Waals surface area contributed by atoms with Crippen molar-refractivity contribution in [2.75, 3.05) is 13.3 Å². The fourth-order valence-corrected chi connectivity index (χ4v) is 2.88. The lowest BCUT2D eigenvalue weighted by atomic mass is 10.1. The van der Waals surface area contributed by atoms with Crippen LogP contribution >= 0.6 is 0 Å². The van der Waals surface area contributed by atoms with E-state index in [0.29, 0.717) is 13.0 Å². The van der Waals surface area contributed by atoms with E-state index in [-0.39, 0.29) is 17.7 Å². The van der Waals surface area contributed by atoms with Crippen molar-refractivity contribution in [1.82, 2.24) is 10.6 Å². The monoisotopic (exact) mass is 377 g/mol. The van der Waals surface area contributed by atoms with Crippen molar-refractivity contribution in [2.24, 2.45) is 5.14 Å². The van der Waals surface area contributed by atoms with Crippen LogP contribution in [0.2, 0.25) is 0 Å². The average Bonchev–Trinajstić information content (AvgIpc) is 2.56. The van der Waals surface area contributed by atoms with Gasteiger partial charge in [0.1, 0.15) is 5.75 Å². The molecule has 0 bridgehead atoms. The second kappa shape index (κ2) is 8.68. The average molecular weight is 377 g/mol. The fourth-order valence-electron chi connectivity index (χ4n) is 2.37. The second-order valence-corrected chi connectivity index (χ2v) is 7.49. The van der Waals surface area contributed by atoms with Crippen LogP contribution in [0.1, 0.15) is 16.7 Å². The third-order valence-electron chi connectivity index (χ3n) is 3.74. The highest BCUT2D eigenvalue weighted by Gasteiger charge is 2.07. The Morgan fingerprint density at radius 1 is 1.08 bits per heavy atom. The molecule has 0 radical (unpaired) electrons. The van der Waals surface area contributed by atoms with Crippen LogP contribution in [-0.2, 0) is 16.4 Å². The summed E-state index contributed by atoms with van der Waals surface area (Å²) < 4.78 is 27.9. The summed E-state index contributed by atoms with van der Waals surface area (Å²) in [5.74, 6) is 0.728. The molecular formula is C18H23N3O4S. The number of nitrogens with one attached hydrogen (secondary N) is 2. The number of rotatable bonds is 7. The van der Waals surface area contributed by atoms with Crippen molar-refractivity contribution in [3.05, 3.63) is 59.2 Å². The lowest BCUT2D eigenvalue weighted by molar-refractivity contribution is 0.224. The van der Waals surface area contributed by atoms with E-state index in [1.807, 2.05) is 32.0 Å². The van der Waals surface area contributed by atoms with Gasteiger partial charge >= 0.3 is 6.03 Å². The van der Waals surface area contributed by atoms with E-state index in [1.54, 1.807) is 12.1 Å². The van der Waals surface area contributed by atoms with Crippen molar-refractivity contribution in [3.63, 3.8) is 0 Å². The molecule has 0 unspecified atom stereocenters. The molecule has 2 aromatic carbocycles. The molecule has 2 rings (SSSR count). The molecule has 8 heteroatoms. The molecule has 4 N–H and O–H groups in total. The Bertz CT molecular complexity index is 865. The molecule has 0 saturated carbocycles. The minimum absolute atomic E-state index is 0.0653. The van der Waals surface area contributed by atoms with Crippen LogP contribution in [0.25, 0.3) is 0 Å². The van der Waals surface area contributed by atoms with Gasteiger partial charge in [-0.05, 0) is 49.6 Å². The van der Waals surface area contributed by atoms with E-state index in [1.165, 1.54) is 12.1 Å². The number of sulfonamides is 1. The normalized spacial score (nSPS) is 11.0.